The van der Waals surface area contributed by atoms with E-state index < -0.39 is 6.04 Å². The van der Waals surface area contributed by atoms with Gasteiger partial charge in [0.25, 0.3) is 0 Å². The first-order valence-corrected chi connectivity index (χ1v) is 6.70. The van der Waals surface area contributed by atoms with Crippen molar-refractivity contribution in [3.05, 3.63) is 18.7 Å². The topological polar surface area (TPSA) is 67.2 Å². The van der Waals surface area contributed by atoms with E-state index in [-0.39, 0.29) is 17.9 Å². The quantitative estimate of drug-likeness (QED) is 0.837. The second-order valence-corrected chi connectivity index (χ2v) is 4.84. The maximum absolute atomic E-state index is 12.1. The van der Waals surface area contributed by atoms with E-state index in [0.717, 1.165) is 13.0 Å². The van der Waals surface area contributed by atoms with Crippen LogP contribution in [-0.2, 0) is 16.1 Å². The van der Waals surface area contributed by atoms with Crippen molar-refractivity contribution >= 4 is 11.8 Å². The molecular weight excluding hydrogens is 244 g/mol. The van der Waals surface area contributed by atoms with Gasteiger partial charge in [-0.15, -0.1) is 0 Å². The number of imidazole rings is 1. The minimum absolute atomic E-state index is 0.0112. The van der Waals surface area contributed by atoms with Crippen LogP contribution in [0, 0.1) is 0 Å². The van der Waals surface area contributed by atoms with Gasteiger partial charge in [-0.2, -0.15) is 0 Å². The van der Waals surface area contributed by atoms with E-state index in [1.165, 1.54) is 0 Å². The molecule has 0 radical (unpaired) electrons. The molecule has 2 amide bonds. The lowest BCUT2D eigenvalue weighted by Gasteiger charge is -2.37. The molecule has 1 saturated heterocycles. The van der Waals surface area contributed by atoms with Gasteiger partial charge in [0.2, 0.25) is 11.8 Å². The van der Waals surface area contributed by atoms with E-state index in [2.05, 4.69) is 10.3 Å². The molecule has 0 saturated carbocycles. The molecule has 104 valence electrons. The molecule has 1 aromatic heterocycles. The number of aryl methyl sites for hydroxylation is 1. The maximum Gasteiger partial charge on any atom is 0.245 e. The van der Waals surface area contributed by atoms with Gasteiger partial charge in [-0.1, -0.05) is 6.92 Å². The molecule has 1 aromatic rings. The molecule has 6 heteroatoms. The van der Waals surface area contributed by atoms with E-state index in [4.69, 9.17) is 0 Å². The monoisotopic (exact) mass is 264 g/mol. The SMILES string of the molecule is CCC1C(=O)NC(C)C(=O)N1CCCn1ccnc1. The Hall–Kier alpha value is -1.85. The van der Waals surface area contributed by atoms with Crippen molar-refractivity contribution in [3.8, 4) is 0 Å². The standard InChI is InChI=1S/C13H20N4O2/c1-3-11-12(18)15-10(2)13(19)17(11)7-4-6-16-8-5-14-9-16/h5,8-11H,3-4,6-7H2,1-2H3,(H,15,18). The Morgan fingerprint density at radius 2 is 2.16 bits per heavy atom. The van der Waals surface area contributed by atoms with Crippen LogP contribution < -0.4 is 5.32 Å². The molecule has 1 N–H and O–H groups in total. The lowest BCUT2D eigenvalue weighted by Crippen LogP contribution is -2.62. The second-order valence-electron chi connectivity index (χ2n) is 4.84. The van der Waals surface area contributed by atoms with Gasteiger partial charge >= 0.3 is 0 Å². The zero-order chi connectivity index (χ0) is 13.8. The lowest BCUT2D eigenvalue weighted by atomic mass is 10.1. The van der Waals surface area contributed by atoms with Crippen molar-refractivity contribution < 1.29 is 9.59 Å². The predicted molar refractivity (Wildman–Crippen MR) is 70.2 cm³/mol. The molecule has 6 nitrogen and oxygen atoms in total. The van der Waals surface area contributed by atoms with Gasteiger partial charge in [0.1, 0.15) is 12.1 Å². The molecule has 1 aliphatic heterocycles. The van der Waals surface area contributed by atoms with Gasteiger partial charge < -0.3 is 14.8 Å². The van der Waals surface area contributed by atoms with Crippen molar-refractivity contribution in [2.24, 2.45) is 0 Å². The molecule has 2 unspecified atom stereocenters. The Morgan fingerprint density at radius 3 is 2.79 bits per heavy atom. The predicted octanol–water partition coefficient (Wildman–Crippen LogP) is 0.399. The summed E-state index contributed by atoms with van der Waals surface area (Å²) in [7, 11) is 0. The molecule has 0 aromatic carbocycles. The number of amides is 2. The van der Waals surface area contributed by atoms with Crippen molar-refractivity contribution in [3.63, 3.8) is 0 Å². The average molecular weight is 264 g/mol. The van der Waals surface area contributed by atoms with Crippen molar-refractivity contribution in [1.82, 2.24) is 19.8 Å². The van der Waals surface area contributed by atoms with Crippen molar-refractivity contribution in [1.29, 1.82) is 0 Å². The fraction of sp³-hybridized carbons (Fsp3) is 0.615. The van der Waals surface area contributed by atoms with E-state index >= 15 is 0 Å². The van der Waals surface area contributed by atoms with Gasteiger partial charge in [0, 0.05) is 25.5 Å². The maximum atomic E-state index is 12.1. The molecule has 2 atom stereocenters. The number of hydrogen-bond acceptors (Lipinski definition) is 3. The highest BCUT2D eigenvalue weighted by Gasteiger charge is 2.36. The van der Waals surface area contributed by atoms with Crippen LogP contribution in [0.1, 0.15) is 26.7 Å². The fourth-order valence-electron chi connectivity index (χ4n) is 2.43. The average Bonchev–Trinajstić information content (AvgIpc) is 2.88. The Morgan fingerprint density at radius 1 is 1.37 bits per heavy atom. The lowest BCUT2D eigenvalue weighted by molar-refractivity contribution is -0.149. The third-order valence-electron chi connectivity index (χ3n) is 3.45. The number of hydrogen-bond donors (Lipinski definition) is 1. The Bertz CT molecular complexity index is 444. The number of carbonyl (C=O) groups excluding carboxylic acids is 2. The zero-order valence-corrected chi connectivity index (χ0v) is 11.4. The van der Waals surface area contributed by atoms with Crippen LogP contribution in [0.25, 0.3) is 0 Å². The largest absolute Gasteiger partial charge is 0.343 e. The normalized spacial score (nSPS) is 23.6. The van der Waals surface area contributed by atoms with Crippen molar-refractivity contribution in [2.45, 2.75) is 45.3 Å². The molecule has 1 aliphatic rings. The summed E-state index contributed by atoms with van der Waals surface area (Å²) in [6.45, 7) is 5.06. The first-order chi connectivity index (χ1) is 9.13. The molecule has 2 heterocycles. The van der Waals surface area contributed by atoms with Crippen molar-refractivity contribution in [2.75, 3.05) is 6.54 Å². The first kappa shape index (κ1) is 13.6. The summed E-state index contributed by atoms with van der Waals surface area (Å²) in [5, 5.41) is 2.72. The fourth-order valence-corrected chi connectivity index (χ4v) is 2.43. The van der Waals surface area contributed by atoms with Crippen LogP contribution in [0.4, 0.5) is 0 Å². The molecule has 2 rings (SSSR count). The zero-order valence-electron chi connectivity index (χ0n) is 11.4. The summed E-state index contributed by atoms with van der Waals surface area (Å²) < 4.78 is 1.97. The molecular formula is C13H20N4O2. The van der Waals surface area contributed by atoms with Gasteiger partial charge in [-0.3, -0.25) is 9.59 Å². The van der Waals surface area contributed by atoms with Crippen LogP contribution in [0.2, 0.25) is 0 Å². The molecule has 0 aliphatic carbocycles. The van der Waals surface area contributed by atoms with Crippen LogP contribution in [0.5, 0.6) is 0 Å². The molecule has 0 bridgehead atoms. The molecule has 0 spiro atoms. The first-order valence-electron chi connectivity index (χ1n) is 6.70. The van der Waals surface area contributed by atoms with Crippen LogP contribution in [0.3, 0.4) is 0 Å². The summed E-state index contributed by atoms with van der Waals surface area (Å²) in [6.07, 6.45) is 6.85. The van der Waals surface area contributed by atoms with Gasteiger partial charge in [0.15, 0.2) is 0 Å². The highest BCUT2D eigenvalue weighted by molar-refractivity contribution is 5.96. The third-order valence-corrected chi connectivity index (χ3v) is 3.45. The van der Waals surface area contributed by atoms with Gasteiger partial charge in [-0.05, 0) is 19.8 Å². The smallest absolute Gasteiger partial charge is 0.245 e. The summed E-state index contributed by atoms with van der Waals surface area (Å²) in [5.41, 5.74) is 0. The minimum Gasteiger partial charge on any atom is -0.343 e. The number of rotatable bonds is 5. The Balaban J connectivity index is 1.94. The third kappa shape index (κ3) is 2.94. The van der Waals surface area contributed by atoms with Crippen LogP contribution in [-0.4, -0.2) is 44.9 Å². The Kier molecular flexibility index (Phi) is 4.19. The summed E-state index contributed by atoms with van der Waals surface area (Å²) in [5.74, 6) is -0.0330. The number of aromatic nitrogens is 2. The second kappa shape index (κ2) is 5.86. The summed E-state index contributed by atoms with van der Waals surface area (Å²) in [4.78, 5) is 29.7. The Labute approximate surface area is 112 Å². The van der Waals surface area contributed by atoms with E-state index in [9.17, 15) is 9.59 Å². The number of carbonyl (C=O) groups is 2. The number of nitrogens with one attached hydrogen (secondary N) is 1. The molecule has 19 heavy (non-hydrogen) atoms. The number of piperazine rings is 1. The van der Waals surface area contributed by atoms with E-state index in [1.54, 1.807) is 24.3 Å². The molecule has 1 fully saturated rings. The summed E-state index contributed by atoms with van der Waals surface area (Å²) in [6, 6.07) is -0.741. The minimum atomic E-state index is -0.413. The summed E-state index contributed by atoms with van der Waals surface area (Å²) >= 11 is 0. The number of nitrogens with zero attached hydrogens (tertiary/aromatic N) is 3. The van der Waals surface area contributed by atoms with Gasteiger partial charge in [-0.25, -0.2) is 4.98 Å². The van der Waals surface area contributed by atoms with Gasteiger partial charge in [0.05, 0.1) is 6.33 Å². The van der Waals surface area contributed by atoms with Crippen LogP contribution in [0.15, 0.2) is 18.7 Å². The van der Waals surface area contributed by atoms with E-state index in [1.807, 2.05) is 17.7 Å². The van der Waals surface area contributed by atoms with E-state index in [0.29, 0.717) is 13.0 Å². The highest BCUT2D eigenvalue weighted by atomic mass is 16.2. The van der Waals surface area contributed by atoms with Crippen LogP contribution >= 0.6 is 0 Å². The highest BCUT2D eigenvalue weighted by Crippen LogP contribution is 2.13.